The number of carbonyl (C=O) groups excluding carboxylic acids is 3. The van der Waals surface area contributed by atoms with Gasteiger partial charge >= 0.3 is 5.97 Å². The van der Waals surface area contributed by atoms with Crippen molar-refractivity contribution in [2.45, 2.75) is 40.2 Å². The van der Waals surface area contributed by atoms with Gasteiger partial charge in [-0.25, -0.2) is 9.48 Å². The highest BCUT2D eigenvalue weighted by molar-refractivity contribution is 6.03. The number of aromatic nitrogens is 4. The fourth-order valence-electron chi connectivity index (χ4n) is 3.89. The zero-order valence-corrected chi connectivity index (χ0v) is 19.4. The highest BCUT2D eigenvalue weighted by Crippen LogP contribution is 2.29. The van der Waals surface area contributed by atoms with E-state index in [4.69, 9.17) is 9.47 Å². The van der Waals surface area contributed by atoms with Crippen molar-refractivity contribution in [3.05, 3.63) is 58.9 Å². The molecule has 34 heavy (non-hydrogen) atoms. The van der Waals surface area contributed by atoms with Gasteiger partial charge in [-0.1, -0.05) is 0 Å². The summed E-state index contributed by atoms with van der Waals surface area (Å²) in [6, 6.07) is 8.52. The van der Waals surface area contributed by atoms with Crippen molar-refractivity contribution in [1.82, 2.24) is 20.0 Å². The van der Waals surface area contributed by atoms with Crippen LogP contribution in [0.25, 0.3) is 5.82 Å². The van der Waals surface area contributed by atoms with Crippen LogP contribution in [0.1, 0.15) is 52.7 Å². The van der Waals surface area contributed by atoms with Crippen molar-refractivity contribution in [3.8, 4) is 11.7 Å². The van der Waals surface area contributed by atoms with Gasteiger partial charge in [0.2, 0.25) is 17.6 Å². The Morgan fingerprint density at radius 3 is 2.62 bits per heavy atom. The monoisotopic (exact) mass is 463 g/mol. The molecule has 0 fully saturated rings. The molecular formula is C24H25N5O5. The van der Waals surface area contributed by atoms with Crippen LogP contribution in [0, 0.1) is 6.92 Å². The van der Waals surface area contributed by atoms with Crippen molar-refractivity contribution in [1.29, 1.82) is 0 Å². The summed E-state index contributed by atoms with van der Waals surface area (Å²) in [5, 5.41) is 12.2. The van der Waals surface area contributed by atoms with Crippen molar-refractivity contribution in [2.24, 2.45) is 0 Å². The molecule has 1 amide bonds. The van der Waals surface area contributed by atoms with Gasteiger partial charge in [-0.2, -0.15) is 5.10 Å². The first kappa shape index (κ1) is 23.1. The second kappa shape index (κ2) is 9.42. The fourth-order valence-corrected chi connectivity index (χ4v) is 3.89. The Balaban J connectivity index is 1.46. The van der Waals surface area contributed by atoms with E-state index in [0.717, 1.165) is 11.3 Å². The molecule has 0 saturated carbocycles. The molecule has 0 spiro atoms. The van der Waals surface area contributed by atoms with Crippen LogP contribution in [-0.4, -0.2) is 56.9 Å². The van der Waals surface area contributed by atoms with Crippen LogP contribution < -0.4 is 9.64 Å². The number of fused-ring (bicyclic) bond motifs is 1. The largest absolute Gasteiger partial charge is 0.477 e. The Kier molecular flexibility index (Phi) is 6.40. The zero-order chi connectivity index (χ0) is 24.4. The Hall–Kier alpha value is -4.08. The van der Waals surface area contributed by atoms with E-state index in [0.29, 0.717) is 42.5 Å². The molecule has 0 aliphatic carbocycles. The second-order valence-corrected chi connectivity index (χ2v) is 7.89. The third-order valence-corrected chi connectivity index (χ3v) is 5.66. The highest BCUT2D eigenvalue weighted by atomic mass is 16.5. The van der Waals surface area contributed by atoms with Gasteiger partial charge in [0, 0.05) is 30.8 Å². The third-order valence-electron chi connectivity index (χ3n) is 5.66. The van der Waals surface area contributed by atoms with Crippen LogP contribution in [0.4, 0.5) is 5.69 Å². The van der Waals surface area contributed by atoms with E-state index in [1.54, 1.807) is 42.2 Å². The van der Waals surface area contributed by atoms with Crippen LogP contribution in [0.5, 0.6) is 5.88 Å². The summed E-state index contributed by atoms with van der Waals surface area (Å²) in [4.78, 5) is 39.1. The summed E-state index contributed by atoms with van der Waals surface area (Å²) in [5.74, 6) is -0.204. The molecule has 0 saturated heterocycles. The van der Waals surface area contributed by atoms with Gasteiger partial charge in [0.15, 0.2) is 11.9 Å². The number of hydrogen-bond donors (Lipinski definition) is 0. The molecule has 1 atom stereocenters. The summed E-state index contributed by atoms with van der Waals surface area (Å²) in [5.41, 5.74) is 2.90. The van der Waals surface area contributed by atoms with Crippen molar-refractivity contribution < 1.29 is 23.9 Å². The van der Waals surface area contributed by atoms with Gasteiger partial charge in [0.1, 0.15) is 5.56 Å². The second-order valence-electron chi connectivity index (χ2n) is 7.89. The topological polar surface area (TPSA) is 117 Å². The molecule has 1 aliphatic rings. The molecule has 4 rings (SSSR count). The predicted molar refractivity (Wildman–Crippen MR) is 122 cm³/mol. The smallest absolute Gasteiger partial charge is 0.342 e. The van der Waals surface area contributed by atoms with Crippen LogP contribution in [-0.2, 0) is 16.0 Å². The summed E-state index contributed by atoms with van der Waals surface area (Å²) in [6.07, 6.45) is 1.05. The molecule has 0 N–H and O–H groups in total. The Morgan fingerprint density at radius 1 is 1.15 bits per heavy atom. The van der Waals surface area contributed by atoms with Crippen molar-refractivity contribution in [2.75, 3.05) is 18.1 Å². The van der Waals surface area contributed by atoms with Crippen LogP contribution >= 0.6 is 0 Å². The summed E-state index contributed by atoms with van der Waals surface area (Å²) in [6.45, 7) is 7.67. The van der Waals surface area contributed by atoms with E-state index < -0.39 is 12.1 Å². The first-order valence-corrected chi connectivity index (χ1v) is 11.0. The lowest BCUT2D eigenvalue weighted by Gasteiger charge is -2.16. The van der Waals surface area contributed by atoms with Crippen molar-refractivity contribution >= 4 is 23.3 Å². The first-order valence-electron chi connectivity index (χ1n) is 11.0. The molecule has 0 unspecified atom stereocenters. The molecule has 3 aromatic rings. The van der Waals surface area contributed by atoms with E-state index in [9.17, 15) is 14.4 Å². The fraction of sp³-hybridized carbons (Fsp3) is 0.333. The Bertz CT molecular complexity index is 1250. The van der Waals surface area contributed by atoms with E-state index in [1.807, 2.05) is 6.92 Å². The number of Topliss-reactive ketones (excluding diaryl/α,β-unsaturated/α-hetero) is 1. The maximum Gasteiger partial charge on any atom is 0.342 e. The van der Waals surface area contributed by atoms with Crippen LogP contribution in [0.3, 0.4) is 0 Å². The van der Waals surface area contributed by atoms with Gasteiger partial charge in [0.25, 0.3) is 0 Å². The lowest BCUT2D eigenvalue weighted by atomic mass is 10.0. The number of rotatable bonds is 7. The van der Waals surface area contributed by atoms with Gasteiger partial charge in [0.05, 0.1) is 18.5 Å². The van der Waals surface area contributed by atoms with Crippen LogP contribution in [0.2, 0.25) is 0 Å². The summed E-state index contributed by atoms with van der Waals surface area (Å²) in [7, 11) is 0. The van der Waals surface area contributed by atoms with E-state index in [2.05, 4.69) is 15.3 Å². The number of nitrogens with zero attached hydrogens (tertiary/aromatic N) is 5. The van der Waals surface area contributed by atoms with Gasteiger partial charge in [-0.15, -0.1) is 10.2 Å². The first-order chi connectivity index (χ1) is 16.3. The minimum atomic E-state index is -0.996. The number of hydrogen-bond acceptors (Lipinski definition) is 8. The molecule has 0 radical (unpaired) electrons. The number of benzene rings is 1. The normalized spacial score (nSPS) is 13.4. The molecule has 1 aromatic carbocycles. The minimum Gasteiger partial charge on any atom is -0.477 e. The number of esters is 1. The van der Waals surface area contributed by atoms with E-state index in [-0.39, 0.29) is 17.3 Å². The third kappa shape index (κ3) is 4.39. The molecule has 10 heteroatoms. The van der Waals surface area contributed by atoms with Gasteiger partial charge < -0.3 is 14.4 Å². The molecule has 176 valence electrons. The number of ketones is 1. The quantitative estimate of drug-likeness (QED) is 0.388. The molecule has 3 heterocycles. The standard InChI is InChI=1S/C24H25N5O5/c1-5-33-22-9-8-21(26-27-22)29-14(2)19(13-25-29)24(32)34-15(3)23(31)18-6-7-20-17(12-18)10-11-28(20)16(4)30/h6-9,12-13,15H,5,10-11H2,1-4H3/t15-/m0/s1. The SMILES string of the molecule is CCOc1ccc(-n2ncc(C(=O)O[C@@H](C)C(=O)c3ccc4c(c3)CCN4C(C)=O)c2C)nn1. The van der Waals surface area contributed by atoms with E-state index >= 15 is 0 Å². The number of amides is 1. The maximum absolute atomic E-state index is 12.9. The summed E-state index contributed by atoms with van der Waals surface area (Å²) >= 11 is 0. The average molecular weight is 463 g/mol. The maximum atomic E-state index is 12.9. The lowest BCUT2D eigenvalue weighted by molar-refractivity contribution is -0.116. The predicted octanol–water partition coefficient (Wildman–Crippen LogP) is 2.71. The molecule has 0 bridgehead atoms. The lowest BCUT2D eigenvalue weighted by Crippen LogP contribution is -2.26. The molecular weight excluding hydrogens is 438 g/mol. The van der Waals surface area contributed by atoms with Gasteiger partial charge in [-0.3, -0.25) is 9.59 Å². The van der Waals surface area contributed by atoms with Crippen molar-refractivity contribution in [3.63, 3.8) is 0 Å². The molecule has 2 aromatic heterocycles. The number of ether oxygens (including phenoxy) is 2. The zero-order valence-electron chi connectivity index (χ0n) is 19.4. The molecule has 10 nitrogen and oxygen atoms in total. The summed E-state index contributed by atoms with van der Waals surface area (Å²) < 4.78 is 12.2. The van der Waals surface area contributed by atoms with Gasteiger partial charge in [-0.05, 0) is 57.0 Å². The number of anilines is 1. The Labute approximate surface area is 196 Å². The Morgan fingerprint density at radius 2 is 1.94 bits per heavy atom. The van der Waals surface area contributed by atoms with E-state index in [1.165, 1.54) is 24.7 Å². The van der Waals surface area contributed by atoms with Crippen LogP contribution in [0.15, 0.2) is 36.5 Å². The average Bonchev–Trinajstić information content (AvgIpc) is 3.42. The number of carbonyl (C=O) groups is 3. The highest BCUT2D eigenvalue weighted by Gasteiger charge is 2.27. The molecule has 1 aliphatic heterocycles. The minimum absolute atomic E-state index is 0.0349.